The Morgan fingerprint density at radius 3 is 2.03 bits per heavy atom. The van der Waals surface area contributed by atoms with Gasteiger partial charge in [-0.25, -0.2) is 16.8 Å². The zero-order chi connectivity index (χ0) is 25.4. The first-order chi connectivity index (χ1) is 15.7. The van der Waals surface area contributed by atoms with Crippen molar-refractivity contribution in [3.63, 3.8) is 0 Å². The van der Waals surface area contributed by atoms with E-state index in [1.54, 1.807) is 18.2 Å². The minimum atomic E-state index is -4.67. The van der Waals surface area contributed by atoms with Gasteiger partial charge < -0.3 is 4.90 Å². The number of benzene rings is 2. The maximum Gasteiger partial charge on any atom is 0.416 e. The highest BCUT2D eigenvalue weighted by Crippen LogP contribution is 2.39. The molecule has 0 aliphatic carbocycles. The van der Waals surface area contributed by atoms with Crippen LogP contribution in [0.15, 0.2) is 64.4 Å². The maximum absolute atomic E-state index is 13.3. The Bertz CT molecular complexity index is 1250. The molecule has 0 unspecified atom stereocenters. The van der Waals surface area contributed by atoms with Crippen molar-refractivity contribution in [3.8, 4) is 0 Å². The van der Waals surface area contributed by atoms with E-state index in [1.807, 2.05) is 0 Å². The monoisotopic (exact) mass is 517 g/mol. The standard InChI is InChI=1S/C23H26F3NO5S2/c1-22(2,34(31,32)20-10-6-7-18(15-20)23(24,25)26)17-11-13-27(14-12-17)21(28)16-33(29,30)19-8-4-3-5-9-19/h3-10,15,17H,11-14,16H2,1-2H3. The van der Waals surface area contributed by atoms with Crippen molar-refractivity contribution < 1.29 is 34.8 Å². The van der Waals surface area contributed by atoms with Crippen LogP contribution in [0.3, 0.4) is 0 Å². The average molecular weight is 518 g/mol. The van der Waals surface area contributed by atoms with Crippen molar-refractivity contribution in [2.75, 3.05) is 18.8 Å². The summed E-state index contributed by atoms with van der Waals surface area (Å²) in [5.74, 6) is -1.68. The van der Waals surface area contributed by atoms with Crippen LogP contribution in [0.5, 0.6) is 0 Å². The van der Waals surface area contributed by atoms with Crippen molar-refractivity contribution >= 4 is 25.6 Å². The SMILES string of the molecule is CC(C)(C1CCN(C(=O)CS(=O)(=O)c2ccccc2)CC1)S(=O)(=O)c1cccc(C(F)(F)F)c1. The van der Waals surface area contributed by atoms with Gasteiger partial charge in [0, 0.05) is 13.1 Å². The second kappa shape index (κ2) is 9.33. The summed E-state index contributed by atoms with van der Waals surface area (Å²) in [5, 5.41) is 0. The molecular formula is C23H26F3NO5S2. The third kappa shape index (κ3) is 5.30. The number of carbonyl (C=O) groups excluding carboxylic acids is 1. The molecule has 1 saturated heterocycles. The van der Waals surface area contributed by atoms with Gasteiger partial charge in [0.1, 0.15) is 5.75 Å². The van der Waals surface area contributed by atoms with Crippen molar-refractivity contribution in [1.29, 1.82) is 0 Å². The normalized spacial score (nSPS) is 16.4. The fourth-order valence-corrected chi connectivity index (χ4v) is 7.22. The lowest BCUT2D eigenvalue weighted by molar-refractivity contribution is -0.137. The fraction of sp³-hybridized carbons (Fsp3) is 0.435. The maximum atomic E-state index is 13.3. The molecule has 34 heavy (non-hydrogen) atoms. The Kier molecular flexibility index (Phi) is 7.19. The number of sulfone groups is 2. The molecule has 186 valence electrons. The highest BCUT2D eigenvalue weighted by atomic mass is 32.2. The van der Waals surface area contributed by atoms with Crippen molar-refractivity contribution in [1.82, 2.24) is 4.90 Å². The summed E-state index contributed by atoms with van der Waals surface area (Å²) in [7, 11) is -7.93. The Morgan fingerprint density at radius 1 is 0.912 bits per heavy atom. The van der Waals surface area contributed by atoms with Crippen molar-refractivity contribution in [2.24, 2.45) is 5.92 Å². The van der Waals surface area contributed by atoms with E-state index in [-0.39, 0.29) is 30.8 Å². The van der Waals surface area contributed by atoms with Gasteiger partial charge in [-0.1, -0.05) is 24.3 Å². The van der Waals surface area contributed by atoms with Crippen LogP contribution in [-0.2, 0) is 30.6 Å². The molecule has 0 aromatic heterocycles. The lowest BCUT2D eigenvalue weighted by Crippen LogP contribution is -2.48. The van der Waals surface area contributed by atoms with Gasteiger partial charge in [0.2, 0.25) is 5.91 Å². The molecule has 0 bridgehead atoms. The predicted octanol–water partition coefficient (Wildman–Crippen LogP) is 3.97. The molecule has 3 rings (SSSR count). The molecule has 1 fully saturated rings. The number of likely N-dealkylation sites (tertiary alicyclic amines) is 1. The van der Waals surface area contributed by atoms with Crippen LogP contribution in [0.1, 0.15) is 32.3 Å². The quantitative estimate of drug-likeness (QED) is 0.579. The summed E-state index contributed by atoms with van der Waals surface area (Å²) in [4.78, 5) is 13.7. The van der Waals surface area contributed by atoms with Gasteiger partial charge in [-0.2, -0.15) is 13.2 Å². The van der Waals surface area contributed by atoms with Crippen LogP contribution in [0.4, 0.5) is 13.2 Å². The second-order valence-corrected chi connectivity index (χ2v) is 13.4. The first-order valence-corrected chi connectivity index (χ1v) is 13.8. The number of piperidine rings is 1. The van der Waals surface area contributed by atoms with Crippen LogP contribution in [-0.4, -0.2) is 51.2 Å². The molecule has 0 saturated carbocycles. The summed E-state index contributed by atoms with van der Waals surface area (Å²) in [6.07, 6.45) is -4.11. The number of carbonyl (C=O) groups is 1. The molecule has 2 aromatic carbocycles. The third-order valence-corrected chi connectivity index (χ3v) is 10.6. The zero-order valence-corrected chi connectivity index (χ0v) is 20.4. The lowest BCUT2D eigenvalue weighted by Gasteiger charge is -2.40. The van der Waals surface area contributed by atoms with Gasteiger partial charge in [-0.15, -0.1) is 0 Å². The summed E-state index contributed by atoms with van der Waals surface area (Å²) in [5.41, 5.74) is -1.04. The summed E-state index contributed by atoms with van der Waals surface area (Å²) in [6, 6.07) is 11.3. The Morgan fingerprint density at radius 2 is 1.47 bits per heavy atom. The first-order valence-electron chi connectivity index (χ1n) is 10.6. The summed E-state index contributed by atoms with van der Waals surface area (Å²) >= 11 is 0. The van der Waals surface area contributed by atoms with Gasteiger partial charge in [-0.3, -0.25) is 4.79 Å². The highest BCUT2D eigenvalue weighted by molar-refractivity contribution is 7.93. The number of alkyl halides is 3. The molecule has 0 radical (unpaired) electrons. The topological polar surface area (TPSA) is 88.6 Å². The van der Waals surface area contributed by atoms with Crippen LogP contribution in [0.2, 0.25) is 0 Å². The van der Waals surface area contributed by atoms with E-state index in [0.717, 1.165) is 18.2 Å². The molecule has 1 aliphatic rings. The predicted molar refractivity (Wildman–Crippen MR) is 121 cm³/mol. The van der Waals surface area contributed by atoms with Crippen molar-refractivity contribution in [3.05, 3.63) is 60.2 Å². The largest absolute Gasteiger partial charge is 0.416 e. The number of hydrogen-bond donors (Lipinski definition) is 0. The third-order valence-electron chi connectivity index (χ3n) is 6.41. The number of hydrogen-bond acceptors (Lipinski definition) is 5. The number of rotatable bonds is 6. The van der Waals surface area contributed by atoms with Crippen molar-refractivity contribution in [2.45, 2.75) is 47.4 Å². The van der Waals surface area contributed by atoms with E-state index in [4.69, 9.17) is 0 Å². The van der Waals surface area contributed by atoms with Gasteiger partial charge >= 0.3 is 6.18 Å². The minimum absolute atomic E-state index is 0.0477. The Hall–Kier alpha value is -2.40. The average Bonchev–Trinajstić information content (AvgIpc) is 2.79. The van der Waals surface area contributed by atoms with E-state index in [2.05, 4.69) is 0 Å². The first kappa shape index (κ1) is 26.2. The van der Waals surface area contributed by atoms with Crippen LogP contribution >= 0.6 is 0 Å². The summed E-state index contributed by atoms with van der Waals surface area (Å²) < 4.78 is 89.4. The summed E-state index contributed by atoms with van der Waals surface area (Å²) in [6.45, 7) is 3.28. The molecule has 6 nitrogen and oxygen atoms in total. The number of amides is 1. The van der Waals surface area contributed by atoms with Crippen LogP contribution in [0, 0.1) is 5.92 Å². The molecule has 0 spiro atoms. The van der Waals surface area contributed by atoms with Crippen LogP contribution < -0.4 is 0 Å². The smallest absolute Gasteiger partial charge is 0.342 e. The second-order valence-electron chi connectivity index (χ2n) is 8.86. The van der Waals surface area contributed by atoms with Crippen LogP contribution in [0.25, 0.3) is 0 Å². The lowest BCUT2D eigenvalue weighted by atomic mass is 9.86. The minimum Gasteiger partial charge on any atom is -0.342 e. The van der Waals surface area contributed by atoms with E-state index >= 15 is 0 Å². The molecule has 11 heteroatoms. The molecular weight excluding hydrogens is 491 g/mol. The van der Waals surface area contributed by atoms with E-state index < -0.39 is 58.6 Å². The number of nitrogens with zero attached hydrogens (tertiary/aromatic N) is 1. The molecule has 0 N–H and O–H groups in total. The van der Waals surface area contributed by atoms with Gasteiger partial charge in [0.05, 0.1) is 20.1 Å². The molecule has 0 atom stereocenters. The van der Waals surface area contributed by atoms with E-state index in [9.17, 15) is 34.8 Å². The van der Waals surface area contributed by atoms with Gasteiger partial charge in [0.15, 0.2) is 19.7 Å². The van der Waals surface area contributed by atoms with E-state index in [1.165, 1.54) is 30.9 Å². The number of halogens is 3. The fourth-order valence-electron chi connectivity index (χ4n) is 4.15. The highest BCUT2D eigenvalue weighted by Gasteiger charge is 2.45. The van der Waals surface area contributed by atoms with Gasteiger partial charge in [0.25, 0.3) is 0 Å². The molecule has 2 aromatic rings. The molecule has 1 heterocycles. The molecule has 1 aliphatic heterocycles. The van der Waals surface area contributed by atoms with E-state index in [0.29, 0.717) is 6.07 Å². The zero-order valence-electron chi connectivity index (χ0n) is 18.7. The Balaban J connectivity index is 1.71. The van der Waals surface area contributed by atoms with Gasteiger partial charge in [-0.05, 0) is 62.9 Å². The Labute approximate surface area is 197 Å². The molecule has 1 amide bonds.